The average Bonchev–Trinajstić information content (AvgIpc) is 2.98. The number of para-hydroxylation sites is 1. The summed E-state index contributed by atoms with van der Waals surface area (Å²) in [6.07, 6.45) is 0.573. The van der Waals surface area contributed by atoms with Crippen LogP contribution in [0.5, 0.6) is 23.0 Å². The molecule has 0 saturated carbocycles. The second-order valence-electron chi connectivity index (χ2n) is 8.51. The molecule has 0 radical (unpaired) electrons. The number of fused-ring (bicyclic) bond motifs is 1. The number of pyridine rings is 1. The Morgan fingerprint density at radius 3 is 2.15 bits per heavy atom. The third kappa shape index (κ3) is 6.38. The van der Waals surface area contributed by atoms with Crippen LogP contribution in [-0.4, -0.2) is 58.5 Å². The van der Waals surface area contributed by atoms with Crippen LogP contribution in [-0.2, 0) is 16.0 Å². The van der Waals surface area contributed by atoms with Gasteiger partial charge in [0.25, 0.3) is 5.91 Å². The molecule has 1 N–H and O–H groups in total. The number of carbonyl (C=O) groups excluding carboxylic acids is 2. The summed E-state index contributed by atoms with van der Waals surface area (Å²) < 4.78 is 26.7. The number of carbonyl (C=O) groups is 2. The third-order valence-electron chi connectivity index (χ3n) is 6.13. The third-order valence-corrected chi connectivity index (χ3v) is 6.13. The molecule has 0 unspecified atom stereocenters. The van der Waals surface area contributed by atoms with Gasteiger partial charge in [-0.2, -0.15) is 0 Å². The molecule has 4 rings (SSSR count). The second kappa shape index (κ2) is 12.6. The lowest BCUT2D eigenvalue weighted by Crippen LogP contribution is -2.30. The first-order valence-electron chi connectivity index (χ1n) is 12.2. The van der Waals surface area contributed by atoms with Gasteiger partial charge in [-0.3, -0.25) is 4.79 Å². The lowest BCUT2D eigenvalue weighted by molar-refractivity contribution is -0.124. The minimum Gasteiger partial charge on any atom is -0.493 e. The number of ether oxygens (including phenoxy) is 5. The molecule has 0 bridgehead atoms. The zero-order valence-electron chi connectivity index (χ0n) is 22.3. The standard InChI is InChI=1S/C30H30N2O7/c1-35-25-11-9-19(15-27(25)37-3)13-14-31-29(33)18-39-30(34)22-17-24(32-23-8-6-5-7-21(22)23)20-10-12-26(36-2)28(16-20)38-4/h5-12,15-17H,13-14,18H2,1-4H3,(H,31,33). The number of esters is 1. The molecule has 1 aromatic heterocycles. The summed E-state index contributed by atoms with van der Waals surface area (Å²) in [4.78, 5) is 30.2. The molecule has 0 aliphatic carbocycles. The van der Waals surface area contributed by atoms with Gasteiger partial charge in [0.1, 0.15) is 0 Å². The first kappa shape index (κ1) is 27.3. The van der Waals surface area contributed by atoms with Gasteiger partial charge in [0.05, 0.1) is 45.2 Å². The highest BCUT2D eigenvalue weighted by Gasteiger charge is 2.17. The molecule has 0 spiro atoms. The van der Waals surface area contributed by atoms with E-state index in [1.54, 1.807) is 52.7 Å². The lowest BCUT2D eigenvalue weighted by Gasteiger charge is -2.12. The van der Waals surface area contributed by atoms with E-state index < -0.39 is 18.5 Å². The molecule has 1 heterocycles. The zero-order valence-corrected chi connectivity index (χ0v) is 22.3. The number of rotatable bonds is 11. The summed E-state index contributed by atoms with van der Waals surface area (Å²) >= 11 is 0. The molecule has 3 aromatic carbocycles. The predicted molar refractivity (Wildman–Crippen MR) is 147 cm³/mol. The first-order chi connectivity index (χ1) is 19.0. The summed E-state index contributed by atoms with van der Waals surface area (Å²) in [6, 6.07) is 19.9. The summed E-state index contributed by atoms with van der Waals surface area (Å²) in [5, 5.41) is 3.40. The fraction of sp³-hybridized carbons (Fsp3) is 0.233. The Morgan fingerprint density at radius 2 is 1.44 bits per heavy atom. The van der Waals surface area contributed by atoms with Crippen molar-refractivity contribution in [3.63, 3.8) is 0 Å². The van der Waals surface area contributed by atoms with Crippen LogP contribution in [0.1, 0.15) is 15.9 Å². The van der Waals surface area contributed by atoms with Gasteiger partial charge in [-0.15, -0.1) is 0 Å². The van der Waals surface area contributed by atoms with Crippen molar-refractivity contribution >= 4 is 22.8 Å². The van der Waals surface area contributed by atoms with E-state index in [0.717, 1.165) is 11.1 Å². The summed E-state index contributed by atoms with van der Waals surface area (Å²) in [5.74, 6) is 1.35. The van der Waals surface area contributed by atoms with E-state index in [-0.39, 0.29) is 0 Å². The smallest absolute Gasteiger partial charge is 0.339 e. The number of methoxy groups -OCH3 is 4. The predicted octanol–water partition coefficient (Wildman–Crippen LogP) is 4.45. The van der Waals surface area contributed by atoms with E-state index in [2.05, 4.69) is 5.32 Å². The van der Waals surface area contributed by atoms with E-state index in [9.17, 15) is 9.59 Å². The van der Waals surface area contributed by atoms with Crippen molar-refractivity contribution in [3.8, 4) is 34.3 Å². The van der Waals surface area contributed by atoms with E-state index in [1.807, 2.05) is 42.5 Å². The Hall–Kier alpha value is -4.79. The van der Waals surface area contributed by atoms with E-state index in [1.165, 1.54) is 0 Å². The zero-order chi connectivity index (χ0) is 27.8. The van der Waals surface area contributed by atoms with Crippen molar-refractivity contribution in [2.24, 2.45) is 0 Å². The molecular weight excluding hydrogens is 500 g/mol. The van der Waals surface area contributed by atoms with Crippen LogP contribution in [0.15, 0.2) is 66.7 Å². The molecule has 1 amide bonds. The fourth-order valence-electron chi connectivity index (χ4n) is 4.13. The normalized spacial score (nSPS) is 10.6. The van der Waals surface area contributed by atoms with Gasteiger partial charge in [-0.05, 0) is 54.4 Å². The number of benzene rings is 3. The monoisotopic (exact) mass is 530 g/mol. The molecule has 9 nitrogen and oxygen atoms in total. The highest BCUT2D eigenvalue weighted by Crippen LogP contribution is 2.33. The van der Waals surface area contributed by atoms with Crippen LogP contribution < -0.4 is 24.3 Å². The van der Waals surface area contributed by atoms with E-state index in [4.69, 9.17) is 28.7 Å². The minimum absolute atomic E-state index is 0.309. The van der Waals surface area contributed by atoms with Crippen LogP contribution in [0.25, 0.3) is 22.2 Å². The Morgan fingerprint density at radius 1 is 0.769 bits per heavy atom. The molecule has 0 aliphatic rings. The van der Waals surface area contributed by atoms with Crippen molar-refractivity contribution in [1.82, 2.24) is 10.3 Å². The van der Waals surface area contributed by atoms with Crippen molar-refractivity contribution in [3.05, 3.63) is 77.9 Å². The van der Waals surface area contributed by atoms with Crippen molar-refractivity contribution < 1.29 is 33.3 Å². The Balaban J connectivity index is 1.44. The summed E-state index contributed by atoms with van der Waals surface area (Å²) in [5.41, 5.74) is 3.19. The van der Waals surface area contributed by atoms with Crippen LogP contribution in [0.3, 0.4) is 0 Å². The van der Waals surface area contributed by atoms with Crippen LogP contribution in [0, 0.1) is 0 Å². The topological polar surface area (TPSA) is 105 Å². The number of hydrogen-bond acceptors (Lipinski definition) is 8. The number of hydrogen-bond donors (Lipinski definition) is 1. The van der Waals surface area contributed by atoms with Crippen LogP contribution in [0.2, 0.25) is 0 Å². The SMILES string of the molecule is COc1ccc(CCNC(=O)COC(=O)c2cc(-c3ccc(OC)c(OC)c3)nc3ccccc23)cc1OC. The van der Waals surface area contributed by atoms with Gasteiger partial charge in [-0.25, -0.2) is 9.78 Å². The summed E-state index contributed by atoms with van der Waals surface area (Å²) in [7, 11) is 6.26. The number of nitrogens with one attached hydrogen (secondary N) is 1. The molecule has 0 atom stereocenters. The molecule has 0 saturated heterocycles. The van der Waals surface area contributed by atoms with Gasteiger partial charge < -0.3 is 29.0 Å². The van der Waals surface area contributed by atoms with Gasteiger partial charge in [-0.1, -0.05) is 24.3 Å². The van der Waals surface area contributed by atoms with Crippen molar-refractivity contribution in [1.29, 1.82) is 0 Å². The highest BCUT2D eigenvalue weighted by molar-refractivity contribution is 6.05. The van der Waals surface area contributed by atoms with Crippen molar-refractivity contribution in [2.75, 3.05) is 41.6 Å². The lowest BCUT2D eigenvalue weighted by atomic mass is 10.0. The number of nitrogens with zero attached hydrogens (tertiary/aromatic N) is 1. The van der Waals surface area contributed by atoms with Crippen molar-refractivity contribution in [2.45, 2.75) is 6.42 Å². The van der Waals surface area contributed by atoms with Gasteiger partial charge in [0, 0.05) is 17.5 Å². The maximum atomic E-state index is 13.1. The van der Waals surface area contributed by atoms with Gasteiger partial charge >= 0.3 is 5.97 Å². The highest BCUT2D eigenvalue weighted by atomic mass is 16.5. The molecule has 4 aromatic rings. The molecule has 202 valence electrons. The maximum Gasteiger partial charge on any atom is 0.339 e. The van der Waals surface area contributed by atoms with Crippen LogP contribution >= 0.6 is 0 Å². The Bertz CT molecular complexity index is 1490. The largest absolute Gasteiger partial charge is 0.493 e. The molecule has 0 aliphatic heterocycles. The molecule has 0 fully saturated rings. The maximum absolute atomic E-state index is 13.1. The minimum atomic E-state index is -0.620. The molecule has 9 heteroatoms. The number of aromatic nitrogens is 1. The number of amides is 1. The first-order valence-corrected chi connectivity index (χ1v) is 12.2. The fourth-order valence-corrected chi connectivity index (χ4v) is 4.13. The van der Waals surface area contributed by atoms with E-state index in [0.29, 0.717) is 58.1 Å². The van der Waals surface area contributed by atoms with Gasteiger partial charge in [0.15, 0.2) is 29.6 Å². The summed E-state index contributed by atoms with van der Waals surface area (Å²) in [6.45, 7) is -0.0411. The van der Waals surface area contributed by atoms with E-state index >= 15 is 0 Å². The second-order valence-corrected chi connectivity index (χ2v) is 8.51. The Kier molecular flexibility index (Phi) is 8.83. The molecule has 39 heavy (non-hydrogen) atoms. The quantitative estimate of drug-likeness (QED) is 0.284. The average molecular weight is 531 g/mol. The van der Waals surface area contributed by atoms with Gasteiger partial charge in [0.2, 0.25) is 0 Å². The molecular formula is C30H30N2O7. The Labute approximate surface area is 226 Å². The van der Waals surface area contributed by atoms with Crippen LogP contribution in [0.4, 0.5) is 0 Å².